The molecule has 0 heterocycles. The van der Waals surface area contributed by atoms with Gasteiger partial charge in [-0.25, -0.2) is 0 Å². The van der Waals surface area contributed by atoms with E-state index in [0.29, 0.717) is 15.5 Å². The SMILES string of the molecule is CC[Si]Oc1ccccc1O. The standard InChI is InChI=1S/C8H10O2Si/c1-2-11-10-8-6-4-3-5-7(8)9/h3-6,9H,2H2,1H3. The zero-order chi connectivity index (χ0) is 8.10. The Morgan fingerprint density at radius 2 is 2.18 bits per heavy atom. The Kier molecular flexibility index (Phi) is 2.98. The molecule has 0 aromatic heterocycles. The van der Waals surface area contributed by atoms with Crippen LogP contribution in [0.3, 0.4) is 0 Å². The summed E-state index contributed by atoms with van der Waals surface area (Å²) in [5, 5.41) is 9.22. The Bertz CT molecular complexity index is 225. The molecule has 0 aliphatic carbocycles. The normalized spacial score (nSPS) is 9.55. The summed E-state index contributed by atoms with van der Waals surface area (Å²) in [6, 6.07) is 7.98. The minimum Gasteiger partial charge on any atom is -0.538 e. The van der Waals surface area contributed by atoms with Crippen molar-refractivity contribution in [2.45, 2.75) is 13.0 Å². The molecule has 2 nitrogen and oxygen atoms in total. The Hall–Kier alpha value is -0.963. The van der Waals surface area contributed by atoms with E-state index in [1.165, 1.54) is 0 Å². The van der Waals surface area contributed by atoms with E-state index in [4.69, 9.17) is 4.43 Å². The summed E-state index contributed by atoms with van der Waals surface area (Å²) in [5.41, 5.74) is 0. The quantitative estimate of drug-likeness (QED) is 0.694. The van der Waals surface area contributed by atoms with E-state index in [0.717, 1.165) is 6.04 Å². The maximum Gasteiger partial charge on any atom is 0.310 e. The van der Waals surface area contributed by atoms with Crippen molar-refractivity contribution in [3.8, 4) is 11.5 Å². The van der Waals surface area contributed by atoms with Gasteiger partial charge >= 0.3 is 9.76 Å². The molecule has 0 saturated heterocycles. The number of aromatic hydroxyl groups is 1. The Morgan fingerprint density at radius 1 is 1.45 bits per heavy atom. The van der Waals surface area contributed by atoms with Crippen LogP contribution in [-0.4, -0.2) is 14.9 Å². The monoisotopic (exact) mass is 166 g/mol. The van der Waals surface area contributed by atoms with E-state index in [2.05, 4.69) is 0 Å². The Morgan fingerprint density at radius 3 is 2.82 bits per heavy atom. The van der Waals surface area contributed by atoms with Gasteiger partial charge in [-0.1, -0.05) is 19.1 Å². The Labute approximate surface area is 68.8 Å². The molecule has 0 bridgehead atoms. The topological polar surface area (TPSA) is 29.5 Å². The van der Waals surface area contributed by atoms with Gasteiger partial charge in [-0.3, -0.25) is 0 Å². The highest BCUT2D eigenvalue weighted by Gasteiger charge is 1.98. The van der Waals surface area contributed by atoms with Crippen LogP contribution in [0.2, 0.25) is 6.04 Å². The minimum absolute atomic E-state index is 0.216. The average Bonchev–Trinajstić information content (AvgIpc) is 2.03. The second kappa shape index (κ2) is 4.03. The van der Waals surface area contributed by atoms with E-state index in [1.807, 2.05) is 13.0 Å². The third kappa shape index (κ3) is 2.27. The fraction of sp³-hybridized carbons (Fsp3) is 0.250. The largest absolute Gasteiger partial charge is 0.538 e. The van der Waals surface area contributed by atoms with Gasteiger partial charge in [0.15, 0.2) is 5.75 Å². The summed E-state index contributed by atoms with van der Waals surface area (Å²) in [7, 11) is 0.429. The molecule has 1 aromatic carbocycles. The second-order valence-electron chi connectivity index (χ2n) is 2.07. The predicted molar refractivity (Wildman–Crippen MR) is 45.0 cm³/mol. The lowest BCUT2D eigenvalue weighted by Crippen LogP contribution is -1.98. The zero-order valence-electron chi connectivity index (χ0n) is 6.37. The number of hydrogen-bond acceptors (Lipinski definition) is 2. The van der Waals surface area contributed by atoms with Crippen molar-refractivity contribution in [3.05, 3.63) is 24.3 Å². The summed E-state index contributed by atoms with van der Waals surface area (Å²) in [6.07, 6.45) is 0. The van der Waals surface area contributed by atoms with E-state index in [-0.39, 0.29) is 5.75 Å². The first-order valence-electron chi connectivity index (χ1n) is 3.52. The first kappa shape index (κ1) is 8.14. The molecule has 0 unspecified atom stereocenters. The summed E-state index contributed by atoms with van der Waals surface area (Å²) in [6.45, 7) is 2.04. The molecule has 1 aromatic rings. The van der Waals surface area contributed by atoms with Crippen LogP contribution in [0, 0.1) is 0 Å². The average molecular weight is 166 g/mol. The van der Waals surface area contributed by atoms with Gasteiger partial charge in [0.1, 0.15) is 5.75 Å². The lowest BCUT2D eigenvalue weighted by molar-refractivity contribution is 0.443. The van der Waals surface area contributed by atoms with Crippen LogP contribution in [0.15, 0.2) is 24.3 Å². The van der Waals surface area contributed by atoms with Crippen molar-refractivity contribution in [2.24, 2.45) is 0 Å². The van der Waals surface area contributed by atoms with E-state index in [9.17, 15) is 5.11 Å². The van der Waals surface area contributed by atoms with Crippen LogP contribution in [0.25, 0.3) is 0 Å². The molecule has 1 N–H and O–H groups in total. The molecule has 0 fully saturated rings. The number of para-hydroxylation sites is 2. The predicted octanol–water partition coefficient (Wildman–Crippen LogP) is 1.83. The van der Waals surface area contributed by atoms with Crippen molar-refractivity contribution < 1.29 is 9.53 Å². The van der Waals surface area contributed by atoms with Crippen LogP contribution in [0.1, 0.15) is 6.92 Å². The van der Waals surface area contributed by atoms with Gasteiger partial charge in [-0.05, 0) is 18.2 Å². The summed E-state index contributed by atoms with van der Waals surface area (Å²) in [5.74, 6) is 0.793. The molecule has 0 saturated carbocycles. The molecule has 0 aliphatic heterocycles. The highest BCUT2D eigenvalue weighted by molar-refractivity contribution is 6.28. The summed E-state index contributed by atoms with van der Waals surface area (Å²) >= 11 is 0. The molecule has 0 atom stereocenters. The molecule has 3 heteroatoms. The van der Waals surface area contributed by atoms with Gasteiger partial charge in [-0.15, -0.1) is 0 Å². The summed E-state index contributed by atoms with van der Waals surface area (Å²) < 4.78 is 5.26. The van der Waals surface area contributed by atoms with E-state index >= 15 is 0 Å². The van der Waals surface area contributed by atoms with Crippen molar-refractivity contribution in [2.75, 3.05) is 0 Å². The van der Waals surface area contributed by atoms with Crippen molar-refractivity contribution in [1.29, 1.82) is 0 Å². The van der Waals surface area contributed by atoms with Gasteiger partial charge in [0.25, 0.3) is 0 Å². The number of benzene rings is 1. The van der Waals surface area contributed by atoms with E-state index in [1.54, 1.807) is 18.2 Å². The molecule has 11 heavy (non-hydrogen) atoms. The van der Waals surface area contributed by atoms with Gasteiger partial charge in [0.2, 0.25) is 0 Å². The van der Waals surface area contributed by atoms with Crippen LogP contribution >= 0.6 is 0 Å². The van der Waals surface area contributed by atoms with Crippen molar-refractivity contribution in [3.63, 3.8) is 0 Å². The smallest absolute Gasteiger partial charge is 0.310 e. The fourth-order valence-electron chi connectivity index (χ4n) is 0.693. The number of hydrogen-bond donors (Lipinski definition) is 1. The van der Waals surface area contributed by atoms with Crippen molar-refractivity contribution in [1.82, 2.24) is 0 Å². The number of rotatable bonds is 3. The summed E-state index contributed by atoms with van der Waals surface area (Å²) in [4.78, 5) is 0. The van der Waals surface area contributed by atoms with Crippen molar-refractivity contribution >= 4 is 9.76 Å². The lowest BCUT2D eigenvalue weighted by Gasteiger charge is -2.04. The van der Waals surface area contributed by atoms with Crippen LogP contribution in [-0.2, 0) is 0 Å². The molecular formula is C8H10O2Si. The van der Waals surface area contributed by atoms with Gasteiger partial charge in [0.05, 0.1) is 0 Å². The molecule has 0 amide bonds. The zero-order valence-corrected chi connectivity index (χ0v) is 7.37. The number of phenols is 1. The molecule has 0 aliphatic rings. The first-order chi connectivity index (χ1) is 5.34. The van der Waals surface area contributed by atoms with E-state index < -0.39 is 0 Å². The minimum atomic E-state index is 0.216. The Balaban J connectivity index is 2.62. The lowest BCUT2D eigenvalue weighted by atomic mass is 10.3. The molecule has 2 radical (unpaired) electrons. The first-order valence-corrected chi connectivity index (χ1v) is 4.64. The third-order valence-corrected chi connectivity index (χ3v) is 1.84. The van der Waals surface area contributed by atoms with Gasteiger partial charge in [-0.2, -0.15) is 0 Å². The fourth-order valence-corrected chi connectivity index (χ4v) is 1.17. The maximum absolute atomic E-state index is 9.22. The van der Waals surface area contributed by atoms with Crippen LogP contribution in [0.5, 0.6) is 11.5 Å². The second-order valence-corrected chi connectivity index (χ2v) is 3.27. The van der Waals surface area contributed by atoms with Crippen LogP contribution < -0.4 is 4.43 Å². The highest BCUT2D eigenvalue weighted by Crippen LogP contribution is 2.23. The number of phenolic OH excluding ortho intramolecular Hbond substituents is 1. The molecular weight excluding hydrogens is 156 g/mol. The molecule has 58 valence electrons. The molecule has 0 spiro atoms. The van der Waals surface area contributed by atoms with Gasteiger partial charge in [0, 0.05) is 0 Å². The maximum atomic E-state index is 9.22. The third-order valence-electron chi connectivity index (χ3n) is 1.19. The highest BCUT2D eigenvalue weighted by atomic mass is 28.2. The molecule has 1 rings (SSSR count). The van der Waals surface area contributed by atoms with Gasteiger partial charge < -0.3 is 9.53 Å². The van der Waals surface area contributed by atoms with Crippen LogP contribution in [0.4, 0.5) is 0 Å².